The third kappa shape index (κ3) is 2.29. The van der Waals surface area contributed by atoms with E-state index in [1.165, 1.54) is 24.9 Å². The van der Waals surface area contributed by atoms with Crippen molar-refractivity contribution in [3.63, 3.8) is 0 Å². The lowest BCUT2D eigenvalue weighted by molar-refractivity contribution is 0.0868. The molecule has 3 nitrogen and oxygen atoms in total. The second-order valence-electron chi connectivity index (χ2n) is 6.83. The fourth-order valence-corrected chi connectivity index (χ4v) is 4.44. The summed E-state index contributed by atoms with van der Waals surface area (Å²) < 4.78 is 5.53. The van der Waals surface area contributed by atoms with Crippen LogP contribution in [0.25, 0.3) is 0 Å². The molecule has 2 aromatic rings. The number of furan rings is 1. The summed E-state index contributed by atoms with van der Waals surface area (Å²) in [7, 11) is 2.28. The number of piperidine rings is 1. The maximum atomic E-state index is 5.53. The first-order valence-electron chi connectivity index (χ1n) is 8.28. The second kappa shape index (κ2) is 5.56. The number of hydrogen-bond acceptors (Lipinski definition) is 3. The standard InChI is InChI=1S/C19H24N2O/c1-20-11-9-19(16-6-3-2-4-7-16)10-12-21(15-18(19)20)14-17-8-5-13-22-17/h2-8,13,18H,9-12,14-15H2,1H3/t18-,19-/m0/s1. The molecule has 0 N–H and O–H groups in total. The molecule has 116 valence electrons. The van der Waals surface area contributed by atoms with Gasteiger partial charge in [-0.3, -0.25) is 4.90 Å². The highest BCUT2D eigenvalue weighted by Crippen LogP contribution is 2.45. The first-order valence-corrected chi connectivity index (χ1v) is 8.28. The summed E-state index contributed by atoms with van der Waals surface area (Å²) in [5, 5.41) is 0. The van der Waals surface area contributed by atoms with Gasteiger partial charge in [-0.1, -0.05) is 30.3 Å². The number of likely N-dealkylation sites (N-methyl/N-ethyl adjacent to an activating group) is 1. The Balaban J connectivity index is 1.57. The highest BCUT2D eigenvalue weighted by Gasteiger charge is 2.49. The molecule has 4 rings (SSSR count). The van der Waals surface area contributed by atoms with Gasteiger partial charge in [-0.05, 0) is 50.7 Å². The number of fused-ring (bicyclic) bond motifs is 1. The van der Waals surface area contributed by atoms with Gasteiger partial charge in [-0.15, -0.1) is 0 Å². The van der Waals surface area contributed by atoms with Crippen molar-refractivity contribution < 1.29 is 4.42 Å². The van der Waals surface area contributed by atoms with E-state index >= 15 is 0 Å². The van der Waals surface area contributed by atoms with Gasteiger partial charge in [0.25, 0.3) is 0 Å². The summed E-state index contributed by atoms with van der Waals surface area (Å²) in [5.41, 5.74) is 1.87. The van der Waals surface area contributed by atoms with E-state index in [-0.39, 0.29) is 0 Å². The van der Waals surface area contributed by atoms with E-state index in [1.54, 1.807) is 6.26 Å². The Morgan fingerprint density at radius 1 is 1.09 bits per heavy atom. The van der Waals surface area contributed by atoms with E-state index in [9.17, 15) is 0 Å². The van der Waals surface area contributed by atoms with Gasteiger partial charge in [0.1, 0.15) is 5.76 Å². The van der Waals surface area contributed by atoms with Crippen molar-refractivity contribution in [1.82, 2.24) is 9.80 Å². The molecule has 0 spiro atoms. The Morgan fingerprint density at radius 2 is 1.91 bits per heavy atom. The molecule has 0 aliphatic carbocycles. The van der Waals surface area contributed by atoms with Crippen LogP contribution < -0.4 is 0 Å². The number of nitrogens with zero attached hydrogens (tertiary/aromatic N) is 2. The molecular formula is C19H24N2O. The van der Waals surface area contributed by atoms with Crippen LogP contribution in [-0.4, -0.2) is 42.5 Å². The minimum atomic E-state index is 0.343. The fourth-order valence-electron chi connectivity index (χ4n) is 4.44. The number of rotatable bonds is 3. The summed E-state index contributed by atoms with van der Waals surface area (Å²) in [6, 6.07) is 15.8. The van der Waals surface area contributed by atoms with Crippen LogP contribution in [-0.2, 0) is 12.0 Å². The number of hydrogen-bond donors (Lipinski definition) is 0. The Bertz CT molecular complexity index is 610. The first kappa shape index (κ1) is 14.0. The normalized spacial score (nSPS) is 29.6. The van der Waals surface area contributed by atoms with Crippen molar-refractivity contribution in [2.24, 2.45) is 0 Å². The monoisotopic (exact) mass is 296 g/mol. The summed E-state index contributed by atoms with van der Waals surface area (Å²) >= 11 is 0. The summed E-state index contributed by atoms with van der Waals surface area (Å²) in [6.07, 6.45) is 4.30. The van der Waals surface area contributed by atoms with E-state index in [0.29, 0.717) is 11.5 Å². The lowest BCUT2D eigenvalue weighted by atomic mass is 9.69. The molecular weight excluding hydrogens is 272 g/mol. The Hall–Kier alpha value is -1.58. The number of benzene rings is 1. The molecule has 0 radical (unpaired) electrons. The van der Waals surface area contributed by atoms with E-state index < -0.39 is 0 Å². The van der Waals surface area contributed by atoms with Crippen LogP contribution in [0.1, 0.15) is 24.2 Å². The first-order chi connectivity index (χ1) is 10.8. The molecule has 3 heterocycles. The van der Waals surface area contributed by atoms with Crippen molar-refractivity contribution in [2.75, 3.05) is 26.7 Å². The topological polar surface area (TPSA) is 19.6 Å². The van der Waals surface area contributed by atoms with Gasteiger partial charge >= 0.3 is 0 Å². The molecule has 1 aromatic carbocycles. The van der Waals surface area contributed by atoms with Gasteiger partial charge in [0.05, 0.1) is 12.8 Å². The maximum Gasteiger partial charge on any atom is 0.117 e. The zero-order valence-corrected chi connectivity index (χ0v) is 13.2. The maximum absolute atomic E-state index is 5.53. The Labute approximate surface area is 132 Å². The Morgan fingerprint density at radius 3 is 2.68 bits per heavy atom. The third-order valence-corrected chi connectivity index (χ3v) is 5.69. The average molecular weight is 296 g/mol. The van der Waals surface area contributed by atoms with Crippen LogP contribution >= 0.6 is 0 Å². The molecule has 2 fully saturated rings. The van der Waals surface area contributed by atoms with Crippen molar-refractivity contribution in [1.29, 1.82) is 0 Å². The van der Waals surface area contributed by atoms with Crippen LogP contribution in [0.5, 0.6) is 0 Å². The van der Waals surface area contributed by atoms with Crippen molar-refractivity contribution in [2.45, 2.75) is 30.8 Å². The minimum absolute atomic E-state index is 0.343. The predicted octanol–water partition coefficient (Wildman–Crippen LogP) is 3.13. The van der Waals surface area contributed by atoms with Gasteiger partial charge in [0.2, 0.25) is 0 Å². The fraction of sp³-hybridized carbons (Fsp3) is 0.474. The van der Waals surface area contributed by atoms with Crippen molar-refractivity contribution >= 4 is 0 Å². The van der Waals surface area contributed by atoms with E-state index in [4.69, 9.17) is 4.42 Å². The average Bonchev–Trinajstić information content (AvgIpc) is 3.18. The predicted molar refractivity (Wildman–Crippen MR) is 87.8 cm³/mol. The molecule has 2 saturated heterocycles. The molecule has 22 heavy (non-hydrogen) atoms. The van der Waals surface area contributed by atoms with E-state index in [2.05, 4.69) is 53.2 Å². The molecule has 2 aliphatic heterocycles. The summed E-state index contributed by atoms with van der Waals surface area (Å²) in [6.45, 7) is 4.42. The van der Waals surface area contributed by atoms with E-state index in [1.807, 2.05) is 6.07 Å². The van der Waals surface area contributed by atoms with Crippen LogP contribution in [0.3, 0.4) is 0 Å². The molecule has 3 heteroatoms. The van der Waals surface area contributed by atoms with Gasteiger partial charge in [0.15, 0.2) is 0 Å². The smallest absolute Gasteiger partial charge is 0.117 e. The molecule has 2 aliphatic rings. The largest absolute Gasteiger partial charge is 0.468 e. The second-order valence-corrected chi connectivity index (χ2v) is 6.83. The highest BCUT2D eigenvalue weighted by molar-refractivity contribution is 5.31. The zero-order valence-electron chi connectivity index (χ0n) is 13.2. The zero-order chi connectivity index (χ0) is 15.0. The summed E-state index contributed by atoms with van der Waals surface area (Å²) in [4.78, 5) is 5.10. The van der Waals surface area contributed by atoms with Crippen LogP contribution in [0, 0.1) is 0 Å². The third-order valence-electron chi connectivity index (χ3n) is 5.69. The van der Waals surface area contributed by atoms with Gasteiger partial charge in [0, 0.05) is 18.0 Å². The SMILES string of the molecule is CN1CC[C@@]2(c3ccccc3)CCN(Cc3ccco3)C[C@H]12. The number of likely N-dealkylation sites (tertiary alicyclic amines) is 2. The van der Waals surface area contributed by atoms with Crippen LogP contribution in [0.4, 0.5) is 0 Å². The molecule has 0 saturated carbocycles. The minimum Gasteiger partial charge on any atom is -0.468 e. The van der Waals surface area contributed by atoms with Gasteiger partial charge in [-0.25, -0.2) is 0 Å². The lowest BCUT2D eigenvalue weighted by Crippen LogP contribution is -2.54. The van der Waals surface area contributed by atoms with Crippen molar-refractivity contribution in [3.8, 4) is 0 Å². The van der Waals surface area contributed by atoms with Gasteiger partial charge in [-0.2, -0.15) is 0 Å². The molecule has 0 amide bonds. The molecule has 0 unspecified atom stereocenters. The van der Waals surface area contributed by atoms with E-state index in [0.717, 1.165) is 25.4 Å². The molecule has 2 atom stereocenters. The van der Waals surface area contributed by atoms with Crippen LogP contribution in [0.2, 0.25) is 0 Å². The highest BCUT2D eigenvalue weighted by atomic mass is 16.3. The quantitative estimate of drug-likeness (QED) is 0.867. The van der Waals surface area contributed by atoms with Gasteiger partial charge < -0.3 is 9.32 Å². The Kier molecular flexibility index (Phi) is 3.55. The van der Waals surface area contributed by atoms with Crippen LogP contribution in [0.15, 0.2) is 53.1 Å². The van der Waals surface area contributed by atoms with Crippen molar-refractivity contribution in [3.05, 3.63) is 60.1 Å². The lowest BCUT2D eigenvalue weighted by Gasteiger charge is -2.46. The molecule has 0 bridgehead atoms. The molecule has 1 aromatic heterocycles. The summed E-state index contributed by atoms with van der Waals surface area (Å²) in [5.74, 6) is 1.08.